The number of pyridine rings is 1. The highest BCUT2D eigenvalue weighted by atomic mass is 16.4. The van der Waals surface area contributed by atoms with Crippen molar-refractivity contribution in [1.82, 2.24) is 20.3 Å². The van der Waals surface area contributed by atoms with Crippen LogP contribution in [0.4, 0.5) is 0 Å². The SMILES string of the molecule is Cc1cc(-c2ncc(C34C=CC(=N3)C=c3ccc([nH]3)=CC3=NC(=CC5(C6CC6)NC(=C4)C(C)(C)C5=O)C=C3)o2)ccn1. The van der Waals surface area contributed by atoms with Gasteiger partial charge in [-0.1, -0.05) is 0 Å². The number of aromatic nitrogens is 3. The number of allylic oxidation sites excluding steroid dienone is 4. The van der Waals surface area contributed by atoms with Gasteiger partial charge in [0.25, 0.3) is 0 Å². The second-order valence-corrected chi connectivity index (χ2v) is 12.3. The number of aryl methyl sites for hydroxylation is 1. The number of nitrogens with one attached hydrogen (secondary N) is 2. The normalized spacial score (nSPS) is 27.1. The molecular weight excluding hydrogens is 524 g/mol. The highest BCUT2D eigenvalue weighted by Crippen LogP contribution is 2.52. The van der Waals surface area contributed by atoms with Gasteiger partial charge in [0.05, 0.1) is 28.7 Å². The Balaban J connectivity index is 1.35. The Hall–Kier alpha value is -4.85. The van der Waals surface area contributed by atoms with Crippen molar-refractivity contribution in [1.29, 1.82) is 0 Å². The second-order valence-electron chi connectivity index (χ2n) is 12.3. The topological polar surface area (TPSA) is 109 Å². The van der Waals surface area contributed by atoms with E-state index in [0.29, 0.717) is 11.7 Å². The molecule has 2 fully saturated rings. The standard InChI is InChI=1S/C34H30N6O2/c1-20-14-21(11-13-35-20)30-36-19-29(42-30)33-12-10-26(39-33)16-25-7-6-23(37-25)15-24-8-9-27(38-24)17-34(22-4-5-22)31(41)32(2,3)28(18-33)40-34/h6-19,22,37,40H,4-5H2,1-3H3. The van der Waals surface area contributed by atoms with E-state index in [-0.39, 0.29) is 11.7 Å². The molecule has 3 aromatic heterocycles. The number of carbonyl (C=O) groups is 1. The summed E-state index contributed by atoms with van der Waals surface area (Å²) in [5, 5.41) is 5.59. The highest BCUT2D eigenvalue weighted by molar-refractivity contribution is 6.20. The van der Waals surface area contributed by atoms with Crippen molar-refractivity contribution in [2.24, 2.45) is 21.3 Å². The number of H-pyrrole nitrogens is 1. The molecule has 8 nitrogen and oxygen atoms in total. The van der Waals surface area contributed by atoms with Crippen LogP contribution >= 0.6 is 0 Å². The van der Waals surface area contributed by atoms with Gasteiger partial charge in [0, 0.05) is 33.8 Å². The maximum absolute atomic E-state index is 14.3. The summed E-state index contributed by atoms with van der Waals surface area (Å²) in [5.41, 5.74) is 2.34. The summed E-state index contributed by atoms with van der Waals surface area (Å²) in [6.07, 6.45) is 21.6. The quantitative estimate of drug-likeness (QED) is 0.509. The Labute approximate surface area is 242 Å². The lowest BCUT2D eigenvalue weighted by Crippen LogP contribution is -2.47. The van der Waals surface area contributed by atoms with Crippen molar-refractivity contribution in [3.8, 4) is 11.5 Å². The number of hydrogen-bond acceptors (Lipinski definition) is 7. The molecule has 0 amide bonds. The Morgan fingerprint density at radius 3 is 2.57 bits per heavy atom. The Kier molecular flexibility index (Phi) is 5.09. The zero-order chi connectivity index (χ0) is 28.7. The van der Waals surface area contributed by atoms with E-state index in [1.165, 1.54) is 0 Å². The molecule has 8 bridgehead atoms. The number of nitrogens with zero attached hydrogens (tertiary/aromatic N) is 4. The van der Waals surface area contributed by atoms with E-state index in [9.17, 15) is 4.79 Å². The van der Waals surface area contributed by atoms with Crippen LogP contribution in [0.5, 0.6) is 0 Å². The highest BCUT2D eigenvalue weighted by Gasteiger charge is 2.60. The average Bonchev–Trinajstić information content (AvgIpc) is 3.33. The van der Waals surface area contributed by atoms with Gasteiger partial charge in [-0.05, 0) is 112 Å². The Bertz CT molecular complexity index is 1990. The van der Waals surface area contributed by atoms with Crippen molar-refractivity contribution < 1.29 is 9.21 Å². The first-order chi connectivity index (χ1) is 20.2. The van der Waals surface area contributed by atoms with Crippen molar-refractivity contribution >= 4 is 29.4 Å². The second kappa shape index (κ2) is 8.58. The molecule has 8 rings (SSSR count). The van der Waals surface area contributed by atoms with Gasteiger partial charge in [0.1, 0.15) is 5.54 Å². The van der Waals surface area contributed by atoms with Gasteiger partial charge in [0.2, 0.25) is 5.89 Å². The fraction of sp³-hybridized carbons (Fsp3) is 0.265. The fourth-order valence-corrected chi connectivity index (χ4v) is 6.40. The van der Waals surface area contributed by atoms with E-state index in [4.69, 9.17) is 14.4 Å². The summed E-state index contributed by atoms with van der Waals surface area (Å²) in [4.78, 5) is 36.8. The van der Waals surface area contributed by atoms with Crippen LogP contribution in [0.2, 0.25) is 0 Å². The number of fused-ring (bicyclic) bond motifs is 6. The molecule has 2 unspecified atom stereocenters. The first-order valence-electron chi connectivity index (χ1n) is 14.4. The predicted molar refractivity (Wildman–Crippen MR) is 162 cm³/mol. The van der Waals surface area contributed by atoms with E-state index in [2.05, 4.69) is 20.3 Å². The third kappa shape index (κ3) is 3.85. The third-order valence-electron chi connectivity index (χ3n) is 8.81. The number of aliphatic imine (C=N–C) groups is 2. The van der Waals surface area contributed by atoms with Gasteiger partial charge >= 0.3 is 0 Å². The zero-order valence-corrected chi connectivity index (χ0v) is 23.7. The van der Waals surface area contributed by atoms with Crippen LogP contribution in [0.3, 0.4) is 0 Å². The number of Topliss-reactive ketones (excluding diaryl/α,β-unsaturated/α-hetero) is 1. The maximum atomic E-state index is 14.3. The van der Waals surface area contributed by atoms with Gasteiger partial charge in [-0.2, -0.15) is 0 Å². The van der Waals surface area contributed by atoms with Gasteiger partial charge in [0.15, 0.2) is 17.1 Å². The number of aromatic amines is 1. The molecule has 208 valence electrons. The minimum absolute atomic E-state index is 0.147. The van der Waals surface area contributed by atoms with E-state index in [0.717, 1.165) is 57.6 Å². The number of oxazole rings is 1. The van der Waals surface area contributed by atoms with Crippen LogP contribution in [-0.4, -0.2) is 37.7 Å². The van der Waals surface area contributed by atoms with Gasteiger partial charge in [-0.25, -0.2) is 9.98 Å². The third-order valence-corrected chi connectivity index (χ3v) is 8.81. The lowest BCUT2D eigenvalue weighted by molar-refractivity contribution is -0.127. The summed E-state index contributed by atoms with van der Waals surface area (Å²) < 4.78 is 6.43. The lowest BCUT2D eigenvalue weighted by atomic mass is 9.77. The van der Waals surface area contributed by atoms with E-state index in [1.807, 2.05) is 93.6 Å². The van der Waals surface area contributed by atoms with Crippen molar-refractivity contribution in [3.63, 3.8) is 0 Å². The fourth-order valence-electron chi connectivity index (χ4n) is 6.40. The molecule has 5 aliphatic rings. The molecule has 1 saturated carbocycles. The molecular formula is C34H30N6O2. The van der Waals surface area contributed by atoms with Crippen LogP contribution in [0.1, 0.15) is 38.1 Å². The van der Waals surface area contributed by atoms with Crippen molar-refractivity contribution in [3.05, 3.63) is 107 Å². The molecule has 7 heterocycles. The number of carbonyl (C=O) groups excluding carboxylic acids is 1. The first kappa shape index (κ1) is 24.9. The van der Waals surface area contributed by atoms with E-state index in [1.54, 1.807) is 12.4 Å². The van der Waals surface area contributed by atoms with Crippen LogP contribution in [0.15, 0.2) is 98.9 Å². The predicted octanol–water partition coefficient (Wildman–Crippen LogP) is 3.98. The minimum atomic E-state index is -0.997. The molecule has 0 aromatic carbocycles. The average molecular weight is 555 g/mol. The molecule has 0 radical (unpaired) electrons. The molecule has 1 saturated heterocycles. The first-order valence-corrected chi connectivity index (χ1v) is 14.4. The number of rotatable bonds is 3. The van der Waals surface area contributed by atoms with Crippen LogP contribution in [-0.2, 0) is 10.3 Å². The molecule has 1 aliphatic carbocycles. The van der Waals surface area contributed by atoms with Gasteiger partial charge < -0.3 is 14.7 Å². The van der Waals surface area contributed by atoms with Crippen LogP contribution in [0, 0.1) is 18.3 Å². The van der Waals surface area contributed by atoms with Crippen molar-refractivity contribution in [2.75, 3.05) is 0 Å². The Morgan fingerprint density at radius 2 is 1.79 bits per heavy atom. The van der Waals surface area contributed by atoms with Crippen LogP contribution in [0.25, 0.3) is 23.6 Å². The van der Waals surface area contributed by atoms with Gasteiger partial charge in [-0.3, -0.25) is 14.8 Å². The number of hydrogen-bond donors (Lipinski definition) is 2. The minimum Gasteiger partial charge on any atom is -0.438 e. The molecule has 0 spiro atoms. The number of ketones is 1. The van der Waals surface area contributed by atoms with E-state index >= 15 is 0 Å². The maximum Gasteiger partial charge on any atom is 0.226 e. The molecule has 2 atom stereocenters. The Morgan fingerprint density at radius 1 is 0.976 bits per heavy atom. The summed E-state index contributed by atoms with van der Waals surface area (Å²) in [7, 11) is 0. The molecule has 42 heavy (non-hydrogen) atoms. The van der Waals surface area contributed by atoms with Crippen molar-refractivity contribution in [2.45, 2.75) is 44.7 Å². The largest absolute Gasteiger partial charge is 0.438 e. The van der Waals surface area contributed by atoms with Gasteiger partial charge in [-0.15, -0.1) is 0 Å². The molecule has 4 aliphatic heterocycles. The summed E-state index contributed by atoms with van der Waals surface area (Å²) in [6, 6.07) is 7.88. The summed E-state index contributed by atoms with van der Waals surface area (Å²) >= 11 is 0. The monoisotopic (exact) mass is 554 g/mol. The zero-order valence-electron chi connectivity index (χ0n) is 23.7. The molecule has 2 N–H and O–H groups in total. The van der Waals surface area contributed by atoms with E-state index < -0.39 is 16.5 Å². The summed E-state index contributed by atoms with van der Waals surface area (Å²) in [5.74, 6) is 1.42. The smallest absolute Gasteiger partial charge is 0.226 e. The molecule has 3 aromatic rings. The molecule has 8 heteroatoms. The van der Waals surface area contributed by atoms with Crippen LogP contribution < -0.4 is 16.0 Å². The summed E-state index contributed by atoms with van der Waals surface area (Å²) in [6.45, 7) is 5.92. The lowest BCUT2D eigenvalue weighted by Gasteiger charge is -2.26.